The number of non-ortho nitro benzene ring substituents is 1. The number of nitrogens with zero attached hydrogens (tertiary/aromatic N) is 2. The Labute approximate surface area is 125 Å². The largest absolute Gasteiger partial charge is 0.338 e. The number of carbonyl (C=O) groups is 1. The van der Waals surface area contributed by atoms with Crippen molar-refractivity contribution in [3.63, 3.8) is 0 Å². The third-order valence-corrected chi connectivity index (χ3v) is 3.26. The summed E-state index contributed by atoms with van der Waals surface area (Å²) in [5.74, 6) is -0.193. The lowest BCUT2D eigenvalue weighted by Gasteiger charge is -2.31. The number of hydrogen-bond donors (Lipinski definition) is 1. The van der Waals surface area contributed by atoms with Crippen LogP contribution >= 0.6 is 0 Å². The molecule has 0 saturated carbocycles. The smallest absolute Gasteiger partial charge is 0.270 e. The van der Waals surface area contributed by atoms with Gasteiger partial charge in [0.15, 0.2) is 0 Å². The highest BCUT2D eigenvalue weighted by Gasteiger charge is 2.24. The van der Waals surface area contributed by atoms with Gasteiger partial charge in [-0.3, -0.25) is 14.9 Å². The van der Waals surface area contributed by atoms with Crippen molar-refractivity contribution in [1.82, 2.24) is 4.90 Å². The molecule has 0 radical (unpaired) electrons. The van der Waals surface area contributed by atoms with Gasteiger partial charge >= 0.3 is 0 Å². The molecule has 0 aliphatic carbocycles. The predicted octanol–water partition coefficient (Wildman–Crippen LogP) is 2.43. The molecule has 0 fully saturated rings. The summed E-state index contributed by atoms with van der Waals surface area (Å²) in [4.78, 5) is 24.6. The Morgan fingerprint density at radius 1 is 1.43 bits per heavy atom. The Morgan fingerprint density at radius 2 is 2.10 bits per heavy atom. The Hall–Kier alpha value is -1.95. The highest BCUT2D eigenvalue weighted by molar-refractivity contribution is 5.94. The molecule has 0 aromatic heterocycles. The molecule has 0 heterocycles. The molecule has 0 aliphatic heterocycles. The number of benzene rings is 1. The summed E-state index contributed by atoms with van der Waals surface area (Å²) in [5, 5.41) is 10.8. The zero-order valence-corrected chi connectivity index (χ0v) is 12.8. The van der Waals surface area contributed by atoms with E-state index in [0.29, 0.717) is 25.2 Å². The third-order valence-electron chi connectivity index (χ3n) is 3.26. The van der Waals surface area contributed by atoms with E-state index in [0.717, 1.165) is 6.42 Å². The van der Waals surface area contributed by atoms with E-state index in [1.54, 1.807) is 11.0 Å². The summed E-state index contributed by atoms with van der Waals surface area (Å²) in [6, 6.07) is 5.84. The maximum atomic E-state index is 12.6. The first-order valence-corrected chi connectivity index (χ1v) is 7.04. The Kier molecular flexibility index (Phi) is 5.84. The number of amides is 1. The molecule has 1 aromatic rings. The van der Waals surface area contributed by atoms with Gasteiger partial charge in [0.2, 0.25) is 0 Å². The molecule has 0 atom stereocenters. The SMILES string of the molecule is CCCN(CC(C)(C)CN)C(=O)c1cccc([N+](=O)[O-])c1. The van der Waals surface area contributed by atoms with Gasteiger partial charge in [0.05, 0.1) is 4.92 Å². The molecule has 0 bridgehead atoms. The van der Waals surface area contributed by atoms with Crippen molar-refractivity contribution < 1.29 is 9.72 Å². The molecule has 0 unspecified atom stereocenters. The Balaban J connectivity index is 3.00. The molecule has 0 aliphatic rings. The van der Waals surface area contributed by atoms with Crippen molar-refractivity contribution in [2.24, 2.45) is 11.1 Å². The molecule has 0 saturated heterocycles. The average molecular weight is 293 g/mol. The molecular weight excluding hydrogens is 270 g/mol. The second kappa shape index (κ2) is 7.17. The van der Waals surface area contributed by atoms with E-state index in [-0.39, 0.29) is 17.0 Å². The van der Waals surface area contributed by atoms with Crippen molar-refractivity contribution in [3.05, 3.63) is 39.9 Å². The van der Waals surface area contributed by atoms with Crippen molar-refractivity contribution in [1.29, 1.82) is 0 Å². The van der Waals surface area contributed by atoms with Gasteiger partial charge in [-0.15, -0.1) is 0 Å². The van der Waals surface area contributed by atoms with E-state index in [1.807, 2.05) is 20.8 Å². The zero-order chi connectivity index (χ0) is 16.0. The molecule has 1 amide bonds. The molecule has 6 heteroatoms. The number of hydrogen-bond acceptors (Lipinski definition) is 4. The van der Waals surface area contributed by atoms with E-state index in [9.17, 15) is 14.9 Å². The van der Waals surface area contributed by atoms with Gasteiger partial charge in [0.1, 0.15) is 0 Å². The number of rotatable bonds is 7. The van der Waals surface area contributed by atoms with Crippen LogP contribution in [0.15, 0.2) is 24.3 Å². The minimum absolute atomic E-state index is 0.0737. The lowest BCUT2D eigenvalue weighted by Crippen LogP contribution is -2.42. The lowest BCUT2D eigenvalue weighted by molar-refractivity contribution is -0.384. The maximum absolute atomic E-state index is 12.6. The molecule has 6 nitrogen and oxygen atoms in total. The minimum atomic E-state index is -0.495. The molecule has 0 spiro atoms. The van der Waals surface area contributed by atoms with Gasteiger partial charge in [-0.2, -0.15) is 0 Å². The fourth-order valence-electron chi connectivity index (χ4n) is 2.04. The second-order valence-electron chi connectivity index (χ2n) is 5.90. The topological polar surface area (TPSA) is 89.5 Å². The van der Waals surface area contributed by atoms with Gasteiger partial charge < -0.3 is 10.6 Å². The van der Waals surface area contributed by atoms with Gasteiger partial charge in [-0.1, -0.05) is 26.8 Å². The van der Waals surface area contributed by atoms with Crippen LogP contribution in [-0.2, 0) is 0 Å². The lowest BCUT2D eigenvalue weighted by atomic mass is 9.92. The number of nitro groups is 1. The van der Waals surface area contributed by atoms with Gasteiger partial charge in [-0.25, -0.2) is 0 Å². The fourth-order valence-corrected chi connectivity index (χ4v) is 2.04. The predicted molar refractivity (Wildman–Crippen MR) is 82.1 cm³/mol. The first-order chi connectivity index (χ1) is 9.80. The van der Waals surface area contributed by atoms with Crippen molar-refractivity contribution >= 4 is 11.6 Å². The van der Waals surface area contributed by atoms with Gasteiger partial charge in [0, 0.05) is 30.8 Å². The van der Waals surface area contributed by atoms with E-state index in [1.165, 1.54) is 18.2 Å². The van der Waals surface area contributed by atoms with Crippen LogP contribution in [0.2, 0.25) is 0 Å². The summed E-state index contributed by atoms with van der Waals surface area (Å²) in [7, 11) is 0. The number of nitrogens with two attached hydrogens (primary N) is 1. The van der Waals surface area contributed by atoms with E-state index in [4.69, 9.17) is 5.73 Å². The molecule has 116 valence electrons. The van der Waals surface area contributed by atoms with E-state index in [2.05, 4.69) is 0 Å². The zero-order valence-electron chi connectivity index (χ0n) is 12.8. The van der Waals surface area contributed by atoms with Crippen molar-refractivity contribution in [3.8, 4) is 0 Å². The summed E-state index contributed by atoms with van der Waals surface area (Å²) < 4.78 is 0. The van der Waals surface area contributed by atoms with Crippen LogP contribution < -0.4 is 5.73 Å². The Bertz CT molecular complexity index is 515. The van der Waals surface area contributed by atoms with E-state index >= 15 is 0 Å². The number of carbonyl (C=O) groups excluding carboxylic acids is 1. The van der Waals surface area contributed by atoms with Crippen LogP contribution in [0.1, 0.15) is 37.6 Å². The van der Waals surface area contributed by atoms with Crippen LogP contribution in [0.3, 0.4) is 0 Å². The molecule has 1 aromatic carbocycles. The molecule has 2 N–H and O–H groups in total. The second-order valence-corrected chi connectivity index (χ2v) is 5.90. The van der Waals surface area contributed by atoms with Gasteiger partial charge in [-0.05, 0) is 24.4 Å². The van der Waals surface area contributed by atoms with Crippen molar-refractivity contribution in [2.75, 3.05) is 19.6 Å². The van der Waals surface area contributed by atoms with E-state index < -0.39 is 4.92 Å². The summed E-state index contributed by atoms with van der Waals surface area (Å²) in [5.41, 5.74) is 5.80. The maximum Gasteiger partial charge on any atom is 0.270 e. The van der Waals surface area contributed by atoms with Gasteiger partial charge in [0.25, 0.3) is 11.6 Å². The van der Waals surface area contributed by atoms with Crippen molar-refractivity contribution in [2.45, 2.75) is 27.2 Å². The molecule has 21 heavy (non-hydrogen) atoms. The summed E-state index contributed by atoms with van der Waals surface area (Å²) in [6.45, 7) is 7.58. The van der Waals surface area contributed by atoms with Crippen LogP contribution in [0.25, 0.3) is 0 Å². The quantitative estimate of drug-likeness (QED) is 0.617. The normalized spacial score (nSPS) is 11.2. The highest BCUT2D eigenvalue weighted by Crippen LogP contribution is 2.19. The highest BCUT2D eigenvalue weighted by atomic mass is 16.6. The minimum Gasteiger partial charge on any atom is -0.338 e. The van der Waals surface area contributed by atoms with Crippen LogP contribution in [0, 0.1) is 15.5 Å². The monoisotopic (exact) mass is 293 g/mol. The number of nitro benzene ring substituents is 1. The molecule has 1 rings (SSSR count). The average Bonchev–Trinajstić information content (AvgIpc) is 2.46. The standard InChI is InChI=1S/C15H23N3O3/c1-4-8-17(11-15(2,3)10-16)14(19)12-6-5-7-13(9-12)18(20)21/h5-7,9H,4,8,10-11,16H2,1-3H3. The third kappa shape index (κ3) is 4.82. The Morgan fingerprint density at radius 3 is 2.62 bits per heavy atom. The summed E-state index contributed by atoms with van der Waals surface area (Å²) in [6.07, 6.45) is 0.821. The fraction of sp³-hybridized carbons (Fsp3) is 0.533. The summed E-state index contributed by atoms with van der Waals surface area (Å²) >= 11 is 0. The van der Waals surface area contributed by atoms with Crippen LogP contribution in [0.5, 0.6) is 0 Å². The first-order valence-electron chi connectivity index (χ1n) is 7.04. The van der Waals surface area contributed by atoms with Crippen LogP contribution in [-0.4, -0.2) is 35.4 Å². The first kappa shape index (κ1) is 17.1. The molecular formula is C15H23N3O3. The van der Waals surface area contributed by atoms with Crippen LogP contribution in [0.4, 0.5) is 5.69 Å².